The van der Waals surface area contributed by atoms with Crippen LogP contribution in [0.3, 0.4) is 0 Å². The average molecular weight is 467 g/mol. The van der Waals surface area contributed by atoms with E-state index in [1.54, 1.807) is 21.7 Å². The number of hydrogen-bond acceptors (Lipinski definition) is 8. The van der Waals surface area contributed by atoms with Gasteiger partial charge in [0.1, 0.15) is 24.7 Å². The highest BCUT2D eigenvalue weighted by Gasteiger charge is 2.35. The highest BCUT2D eigenvalue weighted by atomic mass is 16.6. The number of anilines is 1. The number of carbonyl (C=O) groups excluding carboxylic acids is 1. The fourth-order valence-corrected chi connectivity index (χ4v) is 5.03. The number of pyridine rings is 2. The van der Waals surface area contributed by atoms with Gasteiger partial charge in [-0.15, -0.1) is 0 Å². The summed E-state index contributed by atoms with van der Waals surface area (Å²) in [6.07, 6.45) is 3.74. The molecule has 2 aromatic rings. The summed E-state index contributed by atoms with van der Waals surface area (Å²) in [5, 5.41) is 3.61. The monoisotopic (exact) mass is 466 g/mol. The minimum Gasteiger partial charge on any atom is -0.486 e. The Kier molecular flexibility index (Phi) is 6.34. The second-order valence-electron chi connectivity index (χ2n) is 8.97. The summed E-state index contributed by atoms with van der Waals surface area (Å²) in [5.74, 6) is 1.93. The zero-order valence-corrected chi connectivity index (χ0v) is 19.4. The van der Waals surface area contributed by atoms with Crippen LogP contribution in [0.1, 0.15) is 31.5 Å². The number of nitrogens with one attached hydrogen (secondary N) is 1. The summed E-state index contributed by atoms with van der Waals surface area (Å²) in [4.78, 5) is 37.4. The van der Waals surface area contributed by atoms with Crippen molar-refractivity contribution in [1.82, 2.24) is 19.8 Å². The zero-order chi connectivity index (χ0) is 23.7. The van der Waals surface area contributed by atoms with Gasteiger partial charge in [-0.3, -0.25) is 29.0 Å². The number of carbonyl (C=O) groups is 1. The van der Waals surface area contributed by atoms with Crippen molar-refractivity contribution in [3.8, 4) is 11.5 Å². The molecule has 0 spiro atoms. The molecule has 1 fully saturated rings. The van der Waals surface area contributed by atoms with Crippen LogP contribution in [0.2, 0.25) is 0 Å². The van der Waals surface area contributed by atoms with Gasteiger partial charge in [0.25, 0.3) is 5.56 Å². The Morgan fingerprint density at radius 1 is 1.24 bits per heavy atom. The molecule has 34 heavy (non-hydrogen) atoms. The summed E-state index contributed by atoms with van der Waals surface area (Å²) in [5.41, 5.74) is 1.39. The zero-order valence-electron chi connectivity index (χ0n) is 19.4. The third kappa shape index (κ3) is 4.43. The van der Waals surface area contributed by atoms with E-state index in [2.05, 4.69) is 26.9 Å². The van der Waals surface area contributed by atoms with Crippen molar-refractivity contribution in [2.24, 2.45) is 4.99 Å². The molecule has 10 heteroatoms. The van der Waals surface area contributed by atoms with E-state index in [1.165, 1.54) is 13.0 Å². The molecule has 1 amide bonds. The number of nitrogens with zero attached hydrogens (tertiary/aromatic N) is 5. The van der Waals surface area contributed by atoms with Gasteiger partial charge in [0.05, 0.1) is 17.9 Å². The maximum Gasteiger partial charge on any atom is 0.252 e. The number of rotatable bonds is 6. The van der Waals surface area contributed by atoms with Crippen LogP contribution in [0.5, 0.6) is 11.5 Å². The van der Waals surface area contributed by atoms with E-state index in [-0.39, 0.29) is 17.5 Å². The van der Waals surface area contributed by atoms with E-state index in [0.717, 1.165) is 37.4 Å². The van der Waals surface area contributed by atoms with Crippen molar-refractivity contribution >= 4 is 24.1 Å². The Morgan fingerprint density at radius 2 is 2.00 bits per heavy atom. The molecule has 1 N–H and O–H groups in total. The van der Waals surface area contributed by atoms with Gasteiger partial charge < -0.3 is 19.7 Å². The quantitative estimate of drug-likeness (QED) is 0.644. The number of piperidine rings is 1. The molecule has 0 aliphatic carbocycles. The third-order valence-electron chi connectivity index (χ3n) is 6.76. The normalized spacial score (nSPS) is 20.3. The second-order valence-corrected chi connectivity index (χ2v) is 8.97. The minimum absolute atomic E-state index is 0.0950. The summed E-state index contributed by atoms with van der Waals surface area (Å²) in [6, 6.07) is 5.38. The maximum absolute atomic E-state index is 12.7. The van der Waals surface area contributed by atoms with Crippen LogP contribution < -0.4 is 25.2 Å². The first kappa shape index (κ1) is 22.5. The van der Waals surface area contributed by atoms with Gasteiger partial charge >= 0.3 is 0 Å². The highest BCUT2D eigenvalue weighted by Crippen LogP contribution is 2.36. The van der Waals surface area contributed by atoms with E-state index in [4.69, 9.17) is 9.47 Å². The summed E-state index contributed by atoms with van der Waals surface area (Å²) in [6.45, 7) is 9.96. The lowest BCUT2D eigenvalue weighted by atomic mass is 10.0. The molecule has 180 valence electrons. The molecule has 10 nitrogen and oxygen atoms in total. The number of ether oxygens (including phenoxy) is 2. The van der Waals surface area contributed by atoms with Gasteiger partial charge in [-0.1, -0.05) is 0 Å². The topological polar surface area (TPSA) is 101 Å². The van der Waals surface area contributed by atoms with Crippen LogP contribution in [0.15, 0.2) is 34.2 Å². The summed E-state index contributed by atoms with van der Waals surface area (Å²) < 4.78 is 12.9. The molecule has 1 atom stereocenters. The van der Waals surface area contributed by atoms with E-state index in [0.29, 0.717) is 56.1 Å². The molecule has 3 aliphatic heterocycles. The highest BCUT2D eigenvalue weighted by molar-refractivity contribution is 5.94. The molecule has 5 heterocycles. The minimum atomic E-state index is -0.111. The van der Waals surface area contributed by atoms with Gasteiger partial charge in [0.2, 0.25) is 5.91 Å². The molecule has 0 radical (unpaired) electrons. The number of hydrogen-bond donors (Lipinski definition) is 1. The number of aliphatic imine (C=N–C) groups is 1. The first-order chi connectivity index (χ1) is 16.5. The van der Waals surface area contributed by atoms with E-state index >= 15 is 0 Å². The fourth-order valence-electron chi connectivity index (χ4n) is 5.03. The lowest BCUT2D eigenvalue weighted by Crippen LogP contribution is -2.45. The molecule has 3 aliphatic rings. The lowest BCUT2D eigenvalue weighted by Gasteiger charge is -2.34. The standard InChI is InChI=1S/C24H30N6O4/c1-16(31)29-15-19(30-23(32)4-3-20(25-2)24(29)30)14-28-7-5-17(6-8-28)26-12-18-11-21-22(13-27-18)34-10-9-33-21/h3-4,11,13,17,19,26H,2,5-10,12,14-15H2,1H3/t19-/m1/s1. The Labute approximate surface area is 198 Å². The van der Waals surface area contributed by atoms with E-state index in [9.17, 15) is 9.59 Å². The number of aromatic nitrogens is 2. The van der Waals surface area contributed by atoms with Crippen molar-refractivity contribution in [2.45, 2.75) is 38.4 Å². The van der Waals surface area contributed by atoms with Crippen LogP contribution in [-0.2, 0) is 11.3 Å². The van der Waals surface area contributed by atoms with Crippen LogP contribution in [0, 0.1) is 0 Å². The number of likely N-dealkylation sites (tertiary alicyclic amines) is 1. The van der Waals surface area contributed by atoms with Gasteiger partial charge in [-0.05, 0) is 38.7 Å². The first-order valence-corrected chi connectivity index (χ1v) is 11.7. The predicted molar refractivity (Wildman–Crippen MR) is 129 cm³/mol. The van der Waals surface area contributed by atoms with Crippen molar-refractivity contribution in [2.75, 3.05) is 44.3 Å². The van der Waals surface area contributed by atoms with Crippen molar-refractivity contribution in [3.63, 3.8) is 0 Å². The summed E-state index contributed by atoms with van der Waals surface area (Å²) in [7, 11) is 0. The van der Waals surface area contributed by atoms with E-state index in [1.807, 2.05) is 6.07 Å². The predicted octanol–water partition coefficient (Wildman–Crippen LogP) is 1.51. The molecule has 5 rings (SSSR count). The van der Waals surface area contributed by atoms with Crippen LogP contribution >= 0.6 is 0 Å². The molecule has 1 saturated heterocycles. The summed E-state index contributed by atoms with van der Waals surface area (Å²) >= 11 is 0. The Bertz CT molecular complexity index is 1140. The second kappa shape index (κ2) is 9.55. The molecule has 0 aromatic carbocycles. The molecule has 0 unspecified atom stereocenters. The van der Waals surface area contributed by atoms with Gasteiger partial charge in [0.15, 0.2) is 11.5 Å². The molecule has 0 bridgehead atoms. The van der Waals surface area contributed by atoms with Crippen molar-refractivity contribution in [1.29, 1.82) is 0 Å². The van der Waals surface area contributed by atoms with Crippen LogP contribution in [0.4, 0.5) is 11.5 Å². The average Bonchev–Trinajstić information content (AvgIpc) is 3.24. The van der Waals surface area contributed by atoms with Gasteiger partial charge in [-0.25, -0.2) is 0 Å². The maximum atomic E-state index is 12.7. The smallest absolute Gasteiger partial charge is 0.252 e. The van der Waals surface area contributed by atoms with Crippen molar-refractivity contribution < 1.29 is 14.3 Å². The third-order valence-corrected chi connectivity index (χ3v) is 6.76. The number of amides is 1. The van der Waals surface area contributed by atoms with Crippen LogP contribution in [0.25, 0.3) is 0 Å². The van der Waals surface area contributed by atoms with Crippen molar-refractivity contribution in [3.05, 3.63) is 40.4 Å². The molecule has 2 aromatic heterocycles. The molecule has 0 saturated carbocycles. The van der Waals surface area contributed by atoms with Gasteiger partial charge in [-0.2, -0.15) is 0 Å². The van der Waals surface area contributed by atoms with E-state index < -0.39 is 0 Å². The number of fused-ring (bicyclic) bond motifs is 2. The molecular weight excluding hydrogens is 436 g/mol. The Balaban J connectivity index is 1.18. The Morgan fingerprint density at radius 3 is 2.74 bits per heavy atom. The first-order valence-electron chi connectivity index (χ1n) is 11.7. The molecular formula is C24H30N6O4. The lowest BCUT2D eigenvalue weighted by molar-refractivity contribution is -0.116. The largest absolute Gasteiger partial charge is 0.486 e. The van der Waals surface area contributed by atoms with Crippen LogP contribution in [-0.4, -0.2) is 72.5 Å². The SMILES string of the molecule is C=Nc1ccc(=O)n2c1N(C(C)=O)C[C@H]2CN1CCC(NCc2cc3c(cn2)OCCO3)CC1. The van der Waals surface area contributed by atoms with Gasteiger partial charge in [0, 0.05) is 44.7 Å². The fraction of sp³-hybridized carbons (Fsp3) is 0.500. The Hall–Kier alpha value is -3.24.